The minimum atomic E-state index is -2.01. The van der Waals surface area contributed by atoms with E-state index in [4.69, 9.17) is 13.9 Å². The van der Waals surface area contributed by atoms with Crippen molar-refractivity contribution in [1.82, 2.24) is 4.90 Å². The molecule has 204 valence electrons. The molecule has 0 amide bonds. The summed E-state index contributed by atoms with van der Waals surface area (Å²) < 4.78 is 20.8. The van der Waals surface area contributed by atoms with E-state index in [1.165, 1.54) is 11.1 Å². The van der Waals surface area contributed by atoms with Crippen LogP contribution in [0.25, 0.3) is 0 Å². The van der Waals surface area contributed by atoms with Gasteiger partial charge < -0.3 is 13.9 Å². The smallest absolute Gasteiger partial charge is 0.192 e. The quantitative estimate of drug-likeness (QED) is 0.209. The number of ether oxygens (including phenoxy) is 2. The molecular formula is C32H42BrNO3Si. The van der Waals surface area contributed by atoms with E-state index in [2.05, 4.69) is 103 Å². The zero-order valence-electron chi connectivity index (χ0n) is 23.5. The van der Waals surface area contributed by atoms with E-state index in [0.717, 1.165) is 48.4 Å². The van der Waals surface area contributed by atoms with Crippen molar-refractivity contribution in [3.63, 3.8) is 0 Å². The van der Waals surface area contributed by atoms with Gasteiger partial charge in [0.05, 0.1) is 6.10 Å². The number of hydrogen-bond acceptors (Lipinski definition) is 4. The summed E-state index contributed by atoms with van der Waals surface area (Å²) in [4.78, 5) is 2.50. The van der Waals surface area contributed by atoms with Crippen molar-refractivity contribution >= 4 is 24.2 Å². The Morgan fingerprint density at radius 3 is 2.37 bits per heavy atom. The van der Waals surface area contributed by atoms with Crippen molar-refractivity contribution in [3.05, 3.63) is 94.5 Å². The number of para-hydroxylation sites is 1. The molecule has 1 heterocycles. The maximum absolute atomic E-state index is 6.98. The summed E-state index contributed by atoms with van der Waals surface area (Å²) in [6, 6.07) is 27.1. The second-order valence-corrected chi connectivity index (χ2v) is 17.5. The van der Waals surface area contributed by atoms with Crippen LogP contribution in [0.3, 0.4) is 0 Å². The van der Waals surface area contributed by atoms with Crippen LogP contribution in [0.1, 0.15) is 38.3 Å². The van der Waals surface area contributed by atoms with E-state index in [1.807, 2.05) is 30.3 Å². The fourth-order valence-electron chi connectivity index (χ4n) is 4.59. The van der Waals surface area contributed by atoms with Crippen molar-refractivity contribution in [2.75, 3.05) is 19.7 Å². The summed E-state index contributed by atoms with van der Waals surface area (Å²) in [5.41, 5.74) is 2.57. The van der Waals surface area contributed by atoms with Gasteiger partial charge in [0.15, 0.2) is 8.32 Å². The molecule has 0 radical (unpaired) electrons. The number of rotatable bonds is 11. The first-order valence-corrected chi connectivity index (χ1v) is 17.4. The zero-order valence-corrected chi connectivity index (χ0v) is 26.0. The third-order valence-corrected chi connectivity index (χ3v) is 12.7. The summed E-state index contributed by atoms with van der Waals surface area (Å²) >= 11 is 3.59. The van der Waals surface area contributed by atoms with Crippen LogP contribution in [0, 0.1) is 0 Å². The van der Waals surface area contributed by atoms with E-state index in [-0.39, 0.29) is 17.2 Å². The standard InChI is InChI=1S/C32H42BrNO3Si/c1-32(2,3)38(4,5)37-30(24-35-28-14-10-7-11-15-28)23-34(21-25-12-8-6-9-13-25)22-29-18-16-26-20-27(33)17-19-31(26)36-29/h6-15,17,19-20,29-30H,16,18,21-24H2,1-5H3. The highest BCUT2D eigenvalue weighted by molar-refractivity contribution is 9.10. The van der Waals surface area contributed by atoms with Crippen molar-refractivity contribution < 1.29 is 13.9 Å². The summed E-state index contributed by atoms with van der Waals surface area (Å²) in [7, 11) is -2.01. The van der Waals surface area contributed by atoms with Gasteiger partial charge in [0.1, 0.15) is 24.2 Å². The third kappa shape index (κ3) is 8.19. The molecular weight excluding hydrogens is 554 g/mol. The number of halogens is 1. The number of nitrogens with zero attached hydrogens (tertiary/aromatic N) is 1. The number of hydrogen-bond donors (Lipinski definition) is 0. The normalized spacial score (nSPS) is 16.6. The molecule has 3 aromatic rings. The molecule has 0 N–H and O–H groups in total. The van der Waals surface area contributed by atoms with Gasteiger partial charge in [-0.05, 0) is 72.4 Å². The maximum atomic E-state index is 6.98. The van der Waals surface area contributed by atoms with E-state index in [1.54, 1.807) is 0 Å². The Hall–Kier alpha value is -2.12. The van der Waals surface area contributed by atoms with Gasteiger partial charge in [0.25, 0.3) is 0 Å². The van der Waals surface area contributed by atoms with Crippen LogP contribution in [-0.2, 0) is 17.4 Å². The fraction of sp³-hybridized carbons (Fsp3) is 0.438. The maximum Gasteiger partial charge on any atom is 0.192 e. The lowest BCUT2D eigenvalue weighted by Crippen LogP contribution is -2.50. The van der Waals surface area contributed by atoms with Crippen LogP contribution in [0.2, 0.25) is 18.1 Å². The first kappa shape index (κ1) is 28.9. The number of fused-ring (bicyclic) bond motifs is 1. The molecule has 0 spiro atoms. The van der Waals surface area contributed by atoms with Crippen molar-refractivity contribution in [2.45, 2.75) is 70.5 Å². The molecule has 0 aromatic heterocycles. The van der Waals surface area contributed by atoms with Crippen LogP contribution >= 0.6 is 15.9 Å². The van der Waals surface area contributed by atoms with Crippen molar-refractivity contribution in [1.29, 1.82) is 0 Å². The second-order valence-electron chi connectivity index (χ2n) is 11.8. The number of aryl methyl sites for hydroxylation is 1. The minimum Gasteiger partial charge on any atom is -0.491 e. The minimum absolute atomic E-state index is 0.0494. The topological polar surface area (TPSA) is 30.9 Å². The van der Waals surface area contributed by atoms with Gasteiger partial charge in [-0.2, -0.15) is 0 Å². The largest absolute Gasteiger partial charge is 0.491 e. The SMILES string of the molecule is CC(C)(C)[Si](C)(C)OC(COc1ccccc1)CN(Cc1ccccc1)CC1CCc2cc(Br)ccc2O1. The highest BCUT2D eigenvalue weighted by atomic mass is 79.9. The van der Waals surface area contributed by atoms with Crippen molar-refractivity contribution in [2.24, 2.45) is 0 Å². The third-order valence-electron chi connectivity index (χ3n) is 7.67. The molecule has 2 unspecified atom stereocenters. The van der Waals surface area contributed by atoms with E-state index in [9.17, 15) is 0 Å². The molecule has 1 aliphatic rings. The van der Waals surface area contributed by atoms with Crippen LogP contribution in [0.4, 0.5) is 0 Å². The van der Waals surface area contributed by atoms with Gasteiger partial charge in [-0.15, -0.1) is 0 Å². The Labute approximate surface area is 238 Å². The summed E-state index contributed by atoms with van der Waals surface area (Å²) in [5.74, 6) is 1.88. The lowest BCUT2D eigenvalue weighted by atomic mass is 10.0. The highest BCUT2D eigenvalue weighted by Crippen LogP contribution is 2.37. The first-order valence-electron chi connectivity index (χ1n) is 13.7. The molecule has 0 aliphatic carbocycles. The Morgan fingerprint density at radius 2 is 1.68 bits per heavy atom. The lowest BCUT2D eigenvalue weighted by molar-refractivity contribution is 0.0489. The van der Waals surface area contributed by atoms with Gasteiger partial charge >= 0.3 is 0 Å². The van der Waals surface area contributed by atoms with E-state index >= 15 is 0 Å². The highest BCUT2D eigenvalue weighted by Gasteiger charge is 2.40. The van der Waals surface area contributed by atoms with Crippen molar-refractivity contribution in [3.8, 4) is 11.5 Å². The fourth-order valence-corrected chi connectivity index (χ4v) is 6.32. The van der Waals surface area contributed by atoms with Gasteiger partial charge in [-0.1, -0.05) is 85.2 Å². The Balaban J connectivity index is 1.52. The molecule has 0 bridgehead atoms. The zero-order chi connectivity index (χ0) is 27.2. The van der Waals surface area contributed by atoms with Gasteiger partial charge in [-0.25, -0.2) is 0 Å². The lowest BCUT2D eigenvalue weighted by Gasteiger charge is -2.41. The molecule has 3 aromatic carbocycles. The van der Waals surface area contributed by atoms with Gasteiger partial charge in [-0.3, -0.25) is 4.90 Å². The predicted molar refractivity (Wildman–Crippen MR) is 163 cm³/mol. The van der Waals surface area contributed by atoms with Gasteiger partial charge in [0, 0.05) is 24.1 Å². The molecule has 4 nitrogen and oxygen atoms in total. The molecule has 1 aliphatic heterocycles. The summed E-state index contributed by atoms with van der Waals surface area (Å²) in [5, 5.41) is 0.118. The number of benzene rings is 3. The van der Waals surface area contributed by atoms with E-state index < -0.39 is 8.32 Å². The van der Waals surface area contributed by atoms with Crippen LogP contribution in [0.15, 0.2) is 83.3 Å². The van der Waals surface area contributed by atoms with Crippen LogP contribution < -0.4 is 9.47 Å². The Morgan fingerprint density at radius 1 is 1.00 bits per heavy atom. The van der Waals surface area contributed by atoms with Crippen LogP contribution in [-0.4, -0.2) is 45.1 Å². The average molecular weight is 597 g/mol. The first-order chi connectivity index (χ1) is 18.1. The Bertz CT molecular complexity index is 1150. The summed E-state index contributed by atoms with van der Waals surface area (Å²) in [6.07, 6.45) is 2.12. The average Bonchev–Trinajstić information content (AvgIpc) is 2.88. The Kier molecular flexibility index (Phi) is 9.74. The second kappa shape index (κ2) is 12.8. The predicted octanol–water partition coefficient (Wildman–Crippen LogP) is 8.11. The molecule has 0 fully saturated rings. The molecule has 38 heavy (non-hydrogen) atoms. The molecule has 6 heteroatoms. The molecule has 0 saturated carbocycles. The van der Waals surface area contributed by atoms with E-state index in [0.29, 0.717) is 6.61 Å². The van der Waals surface area contributed by atoms with Crippen LogP contribution in [0.5, 0.6) is 11.5 Å². The molecule has 0 saturated heterocycles. The molecule has 4 rings (SSSR count). The summed E-state index contributed by atoms with van der Waals surface area (Å²) in [6.45, 7) is 14.5. The molecule has 2 atom stereocenters. The monoisotopic (exact) mass is 595 g/mol. The van der Waals surface area contributed by atoms with Gasteiger partial charge in [0.2, 0.25) is 0 Å².